The Morgan fingerprint density at radius 1 is 1.16 bits per heavy atom. The largest absolute Gasteiger partial charge is 0.328 e. The predicted molar refractivity (Wildman–Crippen MR) is 119 cm³/mol. The van der Waals surface area contributed by atoms with Crippen molar-refractivity contribution in [1.82, 2.24) is 35.0 Å². The molecule has 0 unspecified atom stereocenters. The molecule has 3 aromatic rings. The molecule has 0 spiro atoms. The van der Waals surface area contributed by atoms with Crippen LogP contribution in [0.25, 0.3) is 11.5 Å². The lowest BCUT2D eigenvalue weighted by molar-refractivity contribution is 0.102. The van der Waals surface area contributed by atoms with Gasteiger partial charge in [-0.25, -0.2) is 14.5 Å². The first-order valence-electron chi connectivity index (χ1n) is 10.6. The number of carbonyl (C=O) groups excluding carboxylic acids is 2. The Labute approximate surface area is 186 Å². The molecule has 3 amide bonds. The number of rotatable bonds is 5. The molecule has 4 rings (SSSR count). The fraction of sp³-hybridized carbons (Fsp3) is 0.364. The van der Waals surface area contributed by atoms with E-state index in [1.165, 1.54) is 0 Å². The molecule has 1 aromatic carbocycles. The number of anilines is 1. The highest BCUT2D eigenvalue weighted by atomic mass is 16.2. The highest BCUT2D eigenvalue weighted by Gasteiger charge is 2.26. The number of pyridine rings is 1. The van der Waals surface area contributed by atoms with Crippen molar-refractivity contribution in [3.8, 4) is 11.5 Å². The predicted octanol–water partition coefficient (Wildman–Crippen LogP) is 2.96. The number of fused-ring (bicyclic) bond motifs is 1. The Kier molecular flexibility index (Phi) is 5.85. The quantitative estimate of drug-likeness (QED) is 0.661. The maximum atomic E-state index is 12.9. The Balaban J connectivity index is 1.49. The number of hydrogen-bond acceptors (Lipinski definition) is 6. The first-order chi connectivity index (χ1) is 15.4. The maximum absolute atomic E-state index is 12.9. The van der Waals surface area contributed by atoms with E-state index >= 15 is 0 Å². The van der Waals surface area contributed by atoms with Gasteiger partial charge >= 0.3 is 6.03 Å². The van der Waals surface area contributed by atoms with Crippen molar-refractivity contribution in [2.24, 2.45) is 0 Å². The molecule has 10 heteroatoms. The van der Waals surface area contributed by atoms with Crippen LogP contribution in [0.1, 0.15) is 48.3 Å². The van der Waals surface area contributed by atoms with Gasteiger partial charge in [0.25, 0.3) is 5.91 Å². The number of nitrogens with zero attached hydrogens (tertiary/aromatic N) is 7. The summed E-state index contributed by atoms with van der Waals surface area (Å²) in [5.74, 6) is 0.680. The number of aromatic nitrogens is 5. The lowest BCUT2D eigenvalue weighted by Gasteiger charge is -2.22. The molecule has 1 aliphatic rings. The number of benzene rings is 1. The minimum atomic E-state index is -0.267. The molecule has 0 saturated carbocycles. The summed E-state index contributed by atoms with van der Waals surface area (Å²) in [5, 5.41) is 14.6. The number of hydrogen-bond donors (Lipinski definition) is 1. The lowest BCUT2D eigenvalue weighted by atomic mass is 10.1. The third-order valence-corrected chi connectivity index (χ3v) is 5.46. The van der Waals surface area contributed by atoms with Crippen molar-refractivity contribution in [3.63, 3.8) is 0 Å². The lowest BCUT2D eigenvalue weighted by Crippen LogP contribution is -2.37. The molecule has 2 aromatic heterocycles. The van der Waals surface area contributed by atoms with Gasteiger partial charge in [-0.15, -0.1) is 5.10 Å². The van der Waals surface area contributed by atoms with Crippen LogP contribution in [0, 0.1) is 0 Å². The molecule has 1 N–H and O–H groups in total. The van der Waals surface area contributed by atoms with E-state index in [2.05, 4.69) is 25.8 Å². The Bertz CT molecular complexity index is 1160. The van der Waals surface area contributed by atoms with E-state index in [4.69, 9.17) is 0 Å². The third kappa shape index (κ3) is 4.16. The van der Waals surface area contributed by atoms with Crippen LogP contribution in [-0.2, 0) is 13.1 Å². The zero-order valence-corrected chi connectivity index (χ0v) is 18.6. The van der Waals surface area contributed by atoms with E-state index in [1.54, 1.807) is 45.8 Å². The fourth-order valence-electron chi connectivity index (χ4n) is 3.58. The number of amides is 3. The van der Waals surface area contributed by atoms with E-state index < -0.39 is 0 Å². The normalized spacial score (nSPS) is 12.7. The molecule has 1 aliphatic heterocycles. The second-order valence-corrected chi connectivity index (χ2v) is 8.04. The summed E-state index contributed by atoms with van der Waals surface area (Å²) in [5.41, 5.74) is 3.12. The second kappa shape index (κ2) is 8.74. The van der Waals surface area contributed by atoms with Crippen molar-refractivity contribution in [3.05, 3.63) is 53.1 Å². The van der Waals surface area contributed by atoms with Crippen molar-refractivity contribution >= 4 is 17.8 Å². The highest BCUT2D eigenvalue weighted by Crippen LogP contribution is 2.25. The molecule has 3 heterocycles. The van der Waals surface area contributed by atoms with Gasteiger partial charge < -0.3 is 15.1 Å². The summed E-state index contributed by atoms with van der Waals surface area (Å²) in [6, 6.07) is 10.9. The zero-order chi connectivity index (χ0) is 22.8. The Morgan fingerprint density at radius 3 is 2.69 bits per heavy atom. The Hall–Kier alpha value is -3.82. The first-order valence-corrected chi connectivity index (χ1v) is 10.6. The van der Waals surface area contributed by atoms with Crippen LogP contribution in [-0.4, -0.2) is 60.5 Å². The van der Waals surface area contributed by atoms with Crippen LogP contribution >= 0.6 is 0 Å². The van der Waals surface area contributed by atoms with Gasteiger partial charge in [0.05, 0.1) is 6.04 Å². The molecule has 0 bridgehead atoms. The fourth-order valence-corrected chi connectivity index (χ4v) is 3.58. The van der Waals surface area contributed by atoms with Crippen molar-refractivity contribution in [1.29, 1.82) is 0 Å². The average molecular weight is 435 g/mol. The molecule has 32 heavy (non-hydrogen) atoms. The summed E-state index contributed by atoms with van der Waals surface area (Å²) < 4.78 is 1.68. The summed E-state index contributed by atoms with van der Waals surface area (Å²) in [6.45, 7) is 7.59. The smallest absolute Gasteiger partial charge is 0.320 e. The number of nitrogens with one attached hydrogen (secondary N) is 1. The molecule has 0 atom stereocenters. The summed E-state index contributed by atoms with van der Waals surface area (Å²) in [4.78, 5) is 33.3. The first kappa shape index (κ1) is 21.4. The van der Waals surface area contributed by atoms with Gasteiger partial charge in [0.15, 0.2) is 0 Å². The molecule has 0 saturated heterocycles. The average Bonchev–Trinajstić information content (AvgIpc) is 3.45. The van der Waals surface area contributed by atoms with Crippen molar-refractivity contribution in [2.75, 3.05) is 18.9 Å². The summed E-state index contributed by atoms with van der Waals surface area (Å²) in [7, 11) is 1.78. The van der Waals surface area contributed by atoms with Gasteiger partial charge in [0.2, 0.25) is 5.82 Å². The summed E-state index contributed by atoms with van der Waals surface area (Å²) >= 11 is 0. The molecule has 10 nitrogen and oxygen atoms in total. The van der Waals surface area contributed by atoms with Crippen LogP contribution in [0.4, 0.5) is 10.6 Å². The van der Waals surface area contributed by atoms with E-state index in [0.717, 1.165) is 11.1 Å². The number of tetrazole rings is 1. The number of urea groups is 1. The SMILES string of the molecule is CCN(C)C(=O)N1Cc2ccc(C(=O)Nc3cccc(-c4nnnn4C(C)C)n3)cc2C1. The summed E-state index contributed by atoms with van der Waals surface area (Å²) in [6.07, 6.45) is 0. The van der Waals surface area contributed by atoms with Gasteiger partial charge in [-0.2, -0.15) is 0 Å². The molecular weight excluding hydrogens is 408 g/mol. The minimum Gasteiger partial charge on any atom is -0.328 e. The molecule has 0 fully saturated rings. The van der Waals surface area contributed by atoms with Gasteiger partial charge in [-0.1, -0.05) is 12.1 Å². The topological polar surface area (TPSA) is 109 Å². The molecule has 0 aliphatic carbocycles. The van der Waals surface area contributed by atoms with Crippen LogP contribution in [0.2, 0.25) is 0 Å². The van der Waals surface area contributed by atoms with Gasteiger partial charge in [-0.3, -0.25) is 4.79 Å². The van der Waals surface area contributed by atoms with E-state index in [0.29, 0.717) is 42.5 Å². The highest BCUT2D eigenvalue weighted by molar-refractivity contribution is 6.04. The van der Waals surface area contributed by atoms with E-state index in [-0.39, 0.29) is 18.0 Å². The van der Waals surface area contributed by atoms with Crippen LogP contribution in [0.5, 0.6) is 0 Å². The molecule has 166 valence electrons. The standard InChI is InChI=1S/C22H26N8O2/c1-5-28(4)22(32)29-12-16-10-9-15(11-17(16)13-29)21(31)24-19-8-6-7-18(23-19)20-25-26-27-30(20)14(2)3/h6-11,14H,5,12-13H2,1-4H3,(H,23,24,31). The van der Waals surface area contributed by atoms with E-state index in [9.17, 15) is 9.59 Å². The van der Waals surface area contributed by atoms with Crippen molar-refractivity contribution in [2.45, 2.75) is 39.9 Å². The van der Waals surface area contributed by atoms with Crippen LogP contribution in [0.15, 0.2) is 36.4 Å². The van der Waals surface area contributed by atoms with E-state index in [1.807, 2.05) is 32.9 Å². The van der Waals surface area contributed by atoms with Gasteiger partial charge in [0.1, 0.15) is 11.5 Å². The monoisotopic (exact) mass is 434 g/mol. The van der Waals surface area contributed by atoms with Crippen LogP contribution < -0.4 is 5.32 Å². The maximum Gasteiger partial charge on any atom is 0.320 e. The Morgan fingerprint density at radius 2 is 1.94 bits per heavy atom. The second-order valence-electron chi connectivity index (χ2n) is 8.04. The zero-order valence-electron chi connectivity index (χ0n) is 18.6. The molecular formula is C22H26N8O2. The molecule has 0 radical (unpaired) electrons. The van der Waals surface area contributed by atoms with Crippen molar-refractivity contribution < 1.29 is 9.59 Å². The van der Waals surface area contributed by atoms with Gasteiger partial charge in [0, 0.05) is 32.2 Å². The minimum absolute atomic E-state index is 0.0144. The van der Waals surface area contributed by atoms with Gasteiger partial charge in [-0.05, 0) is 66.6 Å². The third-order valence-electron chi connectivity index (χ3n) is 5.46. The number of carbonyl (C=O) groups is 2. The van der Waals surface area contributed by atoms with Crippen LogP contribution in [0.3, 0.4) is 0 Å².